The van der Waals surface area contributed by atoms with Crippen molar-refractivity contribution in [3.63, 3.8) is 0 Å². The van der Waals surface area contributed by atoms with Crippen molar-refractivity contribution in [2.45, 2.75) is 32.7 Å². The lowest BCUT2D eigenvalue weighted by Gasteiger charge is -2.37. The summed E-state index contributed by atoms with van der Waals surface area (Å²) in [7, 11) is 0. The normalized spacial score (nSPS) is 21.2. The van der Waals surface area contributed by atoms with E-state index in [-0.39, 0.29) is 5.92 Å². The molecule has 1 unspecified atom stereocenters. The first kappa shape index (κ1) is 16.7. The van der Waals surface area contributed by atoms with Gasteiger partial charge in [-0.1, -0.05) is 30.3 Å². The molecule has 1 saturated heterocycles. The van der Waals surface area contributed by atoms with Crippen molar-refractivity contribution in [1.29, 1.82) is 0 Å². The average molecular weight is 356 g/mol. The van der Waals surface area contributed by atoms with Crippen LogP contribution in [0.1, 0.15) is 27.6 Å². The zero-order valence-electron chi connectivity index (χ0n) is 14.8. The molecular weight excluding hydrogens is 330 g/mol. The molecule has 1 aliphatic heterocycles. The Kier molecular flexibility index (Phi) is 4.86. The van der Waals surface area contributed by atoms with E-state index in [4.69, 9.17) is 0 Å². The number of rotatable bonds is 3. The Morgan fingerprint density at radius 2 is 1.96 bits per heavy atom. The fraction of sp³-hybridized carbons (Fsp3) is 0.500. The summed E-state index contributed by atoms with van der Waals surface area (Å²) in [4.78, 5) is 23.4. The Labute approximate surface area is 153 Å². The fourth-order valence-electron chi connectivity index (χ4n) is 3.94. The van der Waals surface area contributed by atoms with Gasteiger partial charge in [-0.25, -0.2) is 4.98 Å². The highest BCUT2D eigenvalue weighted by molar-refractivity contribution is 7.11. The molecule has 1 aromatic heterocycles. The maximum Gasteiger partial charge on any atom is 0.226 e. The topological polar surface area (TPSA) is 36.4 Å². The maximum atomic E-state index is 12.9. The maximum absolute atomic E-state index is 12.9. The third-order valence-corrected chi connectivity index (χ3v) is 6.36. The van der Waals surface area contributed by atoms with Crippen LogP contribution in [-0.2, 0) is 24.2 Å². The van der Waals surface area contributed by atoms with E-state index in [2.05, 4.69) is 52.0 Å². The number of aryl methyl sites for hydroxylation is 2. The minimum atomic E-state index is 0.160. The van der Waals surface area contributed by atoms with Crippen LogP contribution in [0.4, 0.5) is 0 Å². The van der Waals surface area contributed by atoms with Crippen LogP contribution >= 0.6 is 11.3 Å². The highest BCUT2D eigenvalue weighted by atomic mass is 32.1. The van der Waals surface area contributed by atoms with Gasteiger partial charge in [0.25, 0.3) is 0 Å². The highest BCUT2D eigenvalue weighted by Crippen LogP contribution is 2.31. The number of hydrogen-bond acceptors (Lipinski definition) is 4. The van der Waals surface area contributed by atoms with Gasteiger partial charge in [-0.3, -0.25) is 9.69 Å². The van der Waals surface area contributed by atoms with Crippen LogP contribution in [0.3, 0.4) is 0 Å². The highest BCUT2D eigenvalue weighted by Gasteiger charge is 2.31. The number of carbonyl (C=O) groups excluding carboxylic acids is 1. The third kappa shape index (κ3) is 3.77. The van der Waals surface area contributed by atoms with Crippen LogP contribution < -0.4 is 0 Å². The van der Waals surface area contributed by atoms with E-state index in [1.54, 1.807) is 11.3 Å². The van der Waals surface area contributed by atoms with E-state index < -0.39 is 0 Å². The van der Waals surface area contributed by atoms with E-state index in [0.29, 0.717) is 5.91 Å². The first-order valence-electron chi connectivity index (χ1n) is 9.19. The summed E-state index contributed by atoms with van der Waals surface area (Å²) >= 11 is 1.77. The van der Waals surface area contributed by atoms with E-state index >= 15 is 0 Å². The number of thiazole rings is 1. The molecule has 5 heteroatoms. The molecule has 0 spiro atoms. The van der Waals surface area contributed by atoms with Gasteiger partial charge in [0.15, 0.2) is 0 Å². The molecule has 1 atom stereocenters. The van der Waals surface area contributed by atoms with Crippen molar-refractivity contribution in [3.8, 4) is 0 Å². The summed E-state index contributed by atoms with van der Waals surface area (Å²) in [6.45, 7) is 6.70. The molecule has 2 aliphatic rings. The smallest absolute Gasteiger partial charge is 0.226 e. The largest absolute Gasteiger partial charge is 0.340 e. The first-order chi connectivity index (χ1) is 12.2. The van der Waals surface area contributed by atoms with Gasteiger partial charge in [0, 0.05) is 43.5 Å². The number of piperazine rings is 1. The lowest BCUT2D eigenvalue weighted by molar-refractivity contribution is -0.137. The third-order valence-electron chi connectivity index (χ3n) is 5.33. The Hall–Kier alpha value is -1.72. The van der Waals surface area contributed by atoms with Gasteiger partial charge in [-0.05, 0) is 31.7 Å². The van der Waals surface area contributed by atoms with E-state index in [9.17, 15) is 4.79 Å². The number of aromatic nitrogens is 1. The molecule has 1 aliphatic carbocycles. The molecule has 2 aromatic rings. The van der Waals surface area contributed by atoms with Gasteiger partial charge in [0.2, 0.25) is 5.91 Å². The second kappa shape index (κ2) is 7.26. The number of carbonyl (C=O) groups is 1. The second-order valence-electron chi connectivity index (χ2n) is 7.13. The van der Waals surface area contributed by atoms with Gasteiger partial charge < -0.3 is 4.90 Å². The predicted molar refractivity (Wildman–Crippen MR) is 101 cm³/mol. The lowest BCUT2D eigenvalue weighted by atomic mass is 9.90. The van der Waals surface area contributed by atoms with Crippen LogP contribution in [0, 0.1) is 12.8 Å². The summed E-state index contributed by atoms with van der Waals surface area (Å²) in [5.74, 6) is 0.518. The Balaban J connectivity index is 1.31. The van der Waals surface area contributed by atoms with Gasteiger partial charge in [0.05, 0.1) is 10.7 Å². The summed E-state index contributed by atoms with van der Waals surface area (Å²) < 4.78 is 0. The molecule has 4 rings (SSSR count). The number of nitrogens with zero attached hydrogens (tertiary/aromatic N) is 3. The molecule has 4 nitrogen and oxygen atoms in total. The van der Waals surface area contributed by atoms with Crippen molar-refractivity contribution < 1.29 is 4.79 Å². The molecule has 0 radical (unpaired) electrons. The van der Waals surface area contributed by atoms with E-state index in [1.165, 1.54) is 16.1 Å². The SMILES string of the molecule is Cc1nc2c(s1)CC(C(=O)N1CCN(Cc3ccccc3)CC1)CC2. The Bertz CT molecular complexity index is 735. The number of fused-ring (bicyclic) bond motifs is 1. The molecule has 0 N–H and O–H groups in total. The standard InChI is InChI=1S/C20H25N3OS/c1-15-21-18-8-7-17(13-19(18)25-15)20(24)23-11-9-22(10-12-23)14-16-5-3-2-4-6-16/h2-6,17H,7-14H2,1H3. The molecule has 1 amide bonds. The minimum absolute atomic E-state index is 0.160. The summed E-state index contributed by atoms with van der Waals surface area (Å²) in [6.07, 6.45) is 2.81. The average Bonchev–Trinajstić information content (AvgIpc) is 3.02. The fourth-order valence-corrected chi connectivity index (χ4v) is 5.00. The zero-order chi connectivity index (χ0) is 17.2. The van der Waals surface area contributed by atoms with Crippen molar-refractivity contribution in [2.75, 3.05) is 26.2 Å². The van der Waals surface area contributed by atoms with Crippen LogP contribution in [0.25, 0.3) is 0 Å². The summed E-state index contributed by atoms with van der Waals surface area (Å²) in [6, 6.07) is 10.6. The van der Waals surface area contributed by atoms with Crippen LogP contribution in [0.5, 0.6) is 0 Å². The minimum Gasteiger partial charge on any atom is -0.340 e. The van der Waals surface area contributed by atoms with Gasteiger partial charge in [-0.15, -0.1) is 11.3 Å². The molecule has 1 aromatic carbocycles. The van der Waals surface area contributed by atoms with E-state index in [1.807, 2.05) is 0 Å². The first-order valence-corrected chi connectivity index (χ1v) is 10.0. The summed E-state index contributed by atoms with van der Waals surface area (Å²) in [5, 5.41) is 1.13. The molecule has 0 bridgehead atoms. The van der Waals surface area contributed by atoms with Crippen molar-refractivity contribution >= 4 is 17.2 Å². The van der Waals surface area contributed by atoms with Gasteiger partial charge >= 0.3 is 0 Å². The van der Waals surface area contributed by atoms with Gasteiger partial charge in [-0.2, -0.15) is 0 Å². The number of amides is 1. The van der Waals surface area contributed by atoms with Crippen LogP contribution in [0.15, 0.2) is 30.3 Å². The molecule has 2 heterocycles. The van der Waals surface area contributed by atoms with Crippen LogP contribution in [-0.4, -0.2) is 46.9 Å². The summed E-state index contributed by atoms with van der Waals surface area (Å²) in [5.41, 5.74) is 2.59. The monoisotopic (exact) mass is 355 g/mol. The van der Waals surface area contributed by atoms with E-state index in [0.717, 1.165) is 57.0 Å². The lowest BCUT2D eigenvalue weighted by Crippen LogP contribution is -2.50. The Morgan fingerprint density at radius 1 is 1.20 bits per heavy atom. The molecular formula is C20H25N3OS. The predicted octanol–water partition coefficient (Wildman–Crippen LogP) is 2.90. The Morgan fingerprint density at radius 3 is 2.72 bits per heavy atom. The number of benzene rings is 1. The van der Waals surface area contributed by atoms with Crippen molar-refractivity contribution in [3.05, 3.63) is 51.5 Å². The zero-order valence-corrected chi connectivity index (χ0v) is 15.6. The van der Waals surface area contributed by atoms with Crippen LogP contribution in [0.2, 0.25) is 0 Å². The van der Waals surface area contributed by atoms with Crippen molar-refractivity contribution in [2.24, 2.45) is 5.92 Å². The van der Waals surface area contributed by atoms with Gasteiger partial charge in [0.1, 0.15) is 0 Å². The number of hydrogen-bond donors (Lipinski definition) is 0. The molecule has 25 heavy (non-hydrogen) atoms. The second-order valence-corrected chi connectivity index (χ2v) is 8.42. The van der Waals surface area contributed by atoms with Crippen molar-refractivity contribution in [1.82, 2.24) is 14.8 Å². The molecule has 132 valence electrons. The molecule has 0 saturated carbocycles. The molecule has 1 fully saturated rings. The quantitative estimate of drug-likeness (QED) is 0.849.